The van der Waals surface area contributed by atoms with Crippen LogP contribution in [-0.4, -0.2) is 34.1 Å². The first kappa shape index (κ1) is 11.7. The predicted molar refractivity (Wildman–Crippen MR) is 54.7 cm³/mol. The fourth-order valence-corrected chi connectivity index (χ4v) is 1.35. The van der Waals surface area contributed by atoms with Crippen LogP contribution in [0.3, 0.4) is 0 Å². The second kappa shape index (κ2) is 4.93. The van der Waals surface area contributed by atoms with Gasteiger partial charge in [0, 0.05) is 0 Å². The Morgan fingerprint density at radius 2 is 2.40 bits per heavy atom. The Bertz CT molecular complexity index is 346. The van der Waals surface area contributed by atoms with Crippen molar-refractivity contribution in [3.05, 3.63) is 17.5 Å². The monoisotopic (exact) mass is 212 g/mol. The van der Waals surface area contributed by atoms with E-state index >= 15 is 0 Å². The molecule has 0 bridgehead atoms. The molecule has 0 aliphatic carbocycles. The molecule has 1 unspecified atom stereocenters. The summed E-state index contributed by atoms with van der Waals surface area (Å²) in [5, 5.41) is 13.0. The molecule has 0 saturated carbocycles. The summed E-state index contributed by atoms with van der Waals surface area (Å²) in [7, 11) is 0. The van der Waals surface area contributed by atoms with Crippen molar-refractivity contribution in [3.63, 3.8) is 0 Å². The second-order valence-electron chi connectivity index (χ2n) is 3.34. The summed E-state index contributed by atoms with van der Waals surface area (Å²) in [6, 6.07) is -0.131. The SMILES string of the molecule is CCOC(=O)c1cnn(C(C)CO)c1C. The maximum Gasteiger partial charge on any atom is 0.341 e. The fourth-order valence-electron chi connectivity index (χ4n) is 1.35. The summed E-state index contributed by atoms with van der Waals surface area (Å²) in [5.74, 6) is -0.369. The van der Waals surface area contributed by atoms with Gasteiger partial charge in [-0.1, -0.05) is 0 Å². The minimum atomic E-state index is -0.369. The van der Waals surface area contributed by atoms with Gasteiger partial charge in [-0.25, -0.2) is 4.79 Å². The van der Waals surface area contributed by atoms with Crippen LogP contribution in [0.25, 0.3) is 0 Å². The van der Waals surface area contributed by atoms with Gasteiger partial charge in [-0.05, 0) is 20.8 Å². The molecule has 1 aromatic heterocycles. The van der Waals surface area contributed by atoms with Gasteiger partial charge < -0.3 is 9.84 Å². The fraction of sp³-hybridized carbons (Fsp3) is 0.600. The number of rotatable bonds is 4. The molecule has 0 aromatic carbocycles. The number of carbonyl (C=O) groups is 1. The maximum atomic E-state index is 11.5. The second-order valence-corrected chi connectivity index (χ2v) is 3.34. The number of carbonyl (C=O) groups excluding carboxylic acids is 1. The van der Waals surface area contributed by atoms with E-state index < -0.39 is 0 Å². The van der Waals surface area contributed by atoms with Crippen LogP contribution in [0.2, 0.25) is 0 Å². The van der Waals surface area contributed by atoms with E-state index in [0.717, 1.165) is 5.69 Å². The summed E-state index contributed by atoms with van der Waals surface area (Å²) in [5.41, 5.74) is 1.17. The van der Waals surface area contributed by atoms with Crippen LogP contribution in [0, 0.1) is 6.92 Å². The summed E-state index contributed by atoms with van der Waals surface area (Å²) >= 11 is 0. The molecule has 84 valence electrons. The van der Waals surface area contributed by atoms with Crippen LogP contribution in [0.5, 0.6) is 0 Å². The average molecular weight is 212 g/mol. The number of esters is 1. The Morgan fingerprint density at radius 3 is 2.93 bits per heavy atom. The van der Waals surface area contributed by atoms with E-state index in [1.54, 1.807) is 18.5 Å². The van der Waals surface area contributed by atoms with Gasteiger partial charge in [-0.2, -0.15) is 5.10 Å². The number of nitrogens with zero attached hydrogens (tertiary/aromatic N) is 2. The van der Waals surface area contributed by atoms with E-state index in [4.69, 9.17) is 9.84 Å². The van der Waals surface area contributed by atoms with Crippen molar-refractivity contribution < 1.29 is 14.6 Å². The number of hydrogen-bond donors (Lipinski definition) is 1. The molecular formula is C10H16N2O3. The van der Waals surface area contributed by atoms with Crippen molar-refractivity contribution in [2.45, 2.75) is 26.8 Å². The normalized spacial score (nSPS) is 12.5. The highest BCUT2D eigenvalue weighted by molar-refractivity contribution is 5.90. The lowest BCUT2D eigenvalue weighted by Gasteiger charge is -2.10. The third-order valence-corrected chi connectivity index (χ3v) is 2.22. The molecule has 15 heavy (non-hydrogen) atoms. The Labute approximate surface area is 88.7 Å². The van der Waals surface area contributed by atoms with E-state index in [0.29, 0.717) is 12.2 Å². The Morgan fingerprint density at radius 1 is 1.73 bits per heavy atom. The molecule has 1 aromatic rings. The number of aliphatic hydroxyl groups excluding tert-OH is 1. The van der Waals surface area contributed by atoms with Crippen molar-refractivity contribution in [1.82, 2.24) is 9.78 Å². The molecule has 0 fully saturated rings. The predicted octanol–water partition coefficient (Wildman–Crippen LogP) is 0.922. The summed E-state index contributed by atoms with van der Waals surface area (Å²) in [6.07, 6.45) is 1.47. The zero-order chi connectivity index (χ0) is 11.4. The quantitative estimate of drug-likeness (QED) is 0.754. The lowest BCUT2D eigenvalue weighted by atomic mass is 10.2. The number of hydrogen-bond acceptors (Lipinski definition) is 4. The standard InChI is InChI=1S/C10H16N2O3/c1-4-15-10(14)9-5-11-12(8(9)3)7(2)6-13/h5,7,13H,4,6H2,1-3H3. The largest absolute Gasteiger partial charge is 0.462 e. The highest BCUT2D eigenvalue weighted by Crippen LogP contribution is 2.13. The molecule has 0 spiro atoms. The van der Waals surface area contributed by atoms with E-state index in [1.165, 1.54) is 6.20 Å². The van der Waals surface area contributed by atoms with Gasteiger partial charge in [0.1, 0.15) is 5.56 Å². The van der Waals surface area contributed by atoms with Gasteiger partial charge in [0.05, 0.1) is 31.1 Å². The highest BCUT2D eigenvalue weighted by atomic mass is 16.5. The van der Waals surface area contributed by atoms with Gasteiger partial charge in [0.15, 0.2) is 0 Å². The minimum Gasteiger partial charge on any atom is -0.462 e. The van der Waals surface area contributed by atoms with Crippen molar-refractivity contribution in [1.29, 1.82) is 0 Å². The molecule has 1 heterocycles. The van der Waals surface area contributed by atoms with Crippen LogP contribution in [0.1, 0.15) is 35.9 Å². The minimum absolute atomic E-state index is 0.00914. The Balaban J connectivity index is 2.93. The first-order valence-electron chi connectivity index (χ1n) is 4.93. The smallest absolute Gasteiger partial charge is 0.341 e. The summed E-state index contributed by atoms with van der Waals surface area (Å²) < 4.78 is 6.50. The van der Waals surface area contributed by atoms with Crippen molar-refractivity contribution >= 4 is 5.97 Å². The molecule has 1 N–H and O–H groups in total. The van der Waals surface area contributed by atoms with E-state index in [1.807, 2.05) is 6.92 Å². The van der Waals surface area contributed by atoms with Gasteiger partial charge >= 0.3 is 5.97 Å². The van der Waals surface area contributed by atoms with Crippen molar-refractivity contribution in [3.8, 4) is 0 Å². The van der Waals surface area contributed by atoms with Gasteiger partial charge in [0.2, 0.25) is 0 Å². The Kier molecular flexibility index (Phi) is 3.85. The van der Waals surface area contributed by atoms with Crippen LogP contribution in [0.15, 0.2) is 6.20 Å². The molecule has 0 radical (unpaired) electrons. The molecule has 5 heteroatoms. The number of aromatic nitrogens is 2. The molecule has 0 saturated heterocycles. The summed E-state index contributed by atoms with van der Waals surface area (Å²) in [6.45, 7) is 5.71. The van der Waals surface area contributed by atoms with Crippen molar-refractivity contribution in [2.75, 3.05) is 13.2 Å². The van der Waals surface area contributed by atoms with E-state index in [9.17, 15) is 4.79 Å². The van der Waals surface area contributed by atoms with Gasteiger partial charge in [0.25, 0.3) is 0 Å². The summed E-state index contributed by atoms with van der Waals surface area (Å²) in [4.78, 5) is 11.5. The number of aliphatic hydroxyl groups is 1. The van der Waals surface area contributed by atoms with Gasteiger partial charge in [-0.15, -0.1) is 0 Å². The topological polar surface area (TPSA) is 64.3 Å². The molecule has 1 atom stereocenters. The highest BCUT2D eigenvalue weighted by Gasteiger charge is 2.17. The van der Waals surface area contributed by atoms with E-state index in [2.05, 4.69) is 5.10 Å². The maximum absolute atomic E-state index is 11.5. The molecule has 0 amide bonds. The lowest BCUT2D eigenvalue weighted by molar-refractivity contribution is 0.0525. The molecule has 0 aliphatic rings. The Hall–Kier alpha value is -1.36. The van der Waals surface area contributed by atoms with Crippen molar-refractivity contribution in [2.24, 2.45) is 0 Å². The average Bonchev–Trinajstić information content (AvgIpc) is 2.59. The van der Waals surface area contributed by atoms with Crippen LogP contribution < -0.4 is 0 Å². The zero-order valence-corrected chi connectivity index (χ0v) is 9.23. The molecule has 0 aliphatic heterocycles. The van der Waals surface area contributed by atoms with Crippen LogP contribution in [0.4, 0.5) is 0 Å². The third kappa shape index (κ3) is 2.36. The first-order chi connectivity index (χ1) is 7.11. The molecule has 5 nitrogen and oxygen atoms in total. The van der Waals surface area contributed by atoms with Gasteiger partial charge in [-0.3, -0.25) is 4.68 Å². The van der Waals surface area contributed by atoms with Crippen LogP contribution in [-0.2, 0) is 4.74 Å². The third-order valence-electron chi connectivity index (χ3n) is 2.22. The molecule has 1 rings (SSSR count). The lowest BCUT2D eigenvalue weighted by Crippen LogP contribution is -2.13. The van der Waals surface area contributed by atoms with Crippen LogP contribution >= 0.6 is 0 Å². The first-order valence-corrected chi connectivity index (χ1v) is 4.93. The zero-order valence-electron chi connectivity index (χ0n) is 9.23. The van der Waals surface area contributed by atoms with E-state index in [-0.39, 0.29) is 18.6 Å². The molecular weight excluding hydrogens is 196 g/mol. The number of ether oxygens (including phenoxy) is 1.